The van der Waals surface area contributed by atoms with Gasteiger partial charge < -0.3 is 62.9 Å². The molecule has 0 unspecified atom stereocenters. The normalized spacial score (nSPS) is 40.0. The summed E-state index contributed by atoms with van der Waals surface area (Å²) in [6, 6.07) is -0.783. The molecule has 0 saturated carbocycles. The van der Waals surface area contributed by atoms with Gasteiger partial charge in [-0.2, -0.15) is 0 Å². The number of carbonyl (C=O) groups is 4. The topological polar surface area (TPSA) is 206 Å². The molecule has 0 bridgehead atoms. The van der Waals surface area contributed by atoms with Gasteiger partial charge in [0, 0.05) is 39.2 Å². The summed E-state index contributed by atoms with van der Waals surface area (Å²) in [4.78, 5) is 52.1. The van der Waals surface area contributed by atoms with E-state index in [0.29, 0.717) is 19.1 Å². The summed E-state index contributed by atoms with van der Waals surface area (Å²) in [5, 5.41) is 34.5. The Morgan fingerprint density at radius 2 is 1.69 bits per heavy atom. The lowest BCUT2D eigenvalue weighted by Gasteiger charge is -2.50. The Labute approximate surface area is 343 Å². The van der Waals surface area contributed by atoms with Crippen molar-refractivity contribution in [3.05, 3.63) is 24.3 Å². The van der Waals surface area contributed by atoms with Crippen LogP contribution in [-0.4, -0.2) is 151 Å². The monoisotopic (exact) mass is 827 g/mol. The molecule has 3 heterocycles. The number of cyclic esters (lactones) is 1. The van der Waals surface area contributed by atoms with Crippen LogP contribution in [-0.2, 0) is 57.1 Å². The van der Waals surface area contributed by atoms with Crippen molar-refractivity contribution in [2.24, 2.45) is 11.8 Å². The van der Waals surface area contributed by atoms with Crippen LogP contribution in [0.3, 0.4) is 0 Å². The van der Waals surface area contributed by atoms with E-state index in [-0.39, 0.29) is 38.0 Å². The Bertz CT molecular complexity index is 1380. The maximum absolute atomic E-state index is 12.9. The first-order chi connectivity index (χ1) is 27.4. The number of aliphatic hydroxyl groups is 3. The lowest BCUT2D eigenvalue weighted by atomic mass is 9.82. The number of aldehydes is 1. The average Bonchev–Trinajstić information content (AvgIpc) is 3.13. The summed E-state index contributed by atoms with van der Waals surface area (Å²) in [5.74, 6) is -2.64. The zero-order valence-electron chi connectivity index (χ0n) is 35.9. The summed E-state index contributed by atoms with van der Waals surface area (Å²) in [6.45, 7) is 12.2. The first kappa shape index (κ1) is 49.6. The molecule has 3 aliphatic rings. The molecule has 0 aliphatic carbocycles. The highest BCUT2D eigenvalue weighted by Crippen LogP contribution is 2.39. The molecule has 2 fully saturated rings. The molecule has 58 heavy (non-hydrogen) atoms. The highest BCUT2D eigenvalue weighted by molar-refractivity contribution is 5.71. The summed E-state index contributed by atoms with van der Waals surface area (Å²) in [5.41, 5.74) is -1.30. The zero-order chi connectivity index (χ0) is 43.3. The van der Waals surface area contributed by atoms with Crippen molar-refractivity contribution in [3.8, 4) is 0 Å². The Morgan fingerprint density at radius 1 is 0.983 bits per heavy atom. The second-order valence-electron chi connectivity index (χ2n) is 16.3. The van der Waals surface area contributed by atoms with E-state index in [1.165, 1.54) is 7.11 Å². The van der Waals surface area contributed by atoms with E-state index < -0.39 is 116 Å². The predicted molar refractivity (Wildman–Crippen MR) is 210 cm³/mol. The molecule has 0 aromatic heterocycles. The van der Waals surface area contributed by atoms with Gasteiger partial charge in [0.05, 0.1) is 43.0 Å². The van der Waals surface area contributed by atoms with Crippen molar-refractivity contribution >= 4 is 24.2 Å². The van der Waals surface area contributed by atoms with Crippen LogP contribution in [0.15, 0.2) is 24.3 Å². The van der Waals surface area contributed by atoms with Crippen LogP contribution in [0.5, 0.6) is 0 Å². The Kier molecular flexibility index (Phi) is 19.9. The standard InChI is InChI=1S/C42H69NO15/c1-11-16-32(48)55-40-27(6)53-34(23-42(40,7)58-31(47)12-2)56-37-26(5)54-41(36(50)35(37)43(8)9)57-38-28(19-20-44)21-24(3)29(45)18-15-13-14-17-25(4)52-33(49)22-30(46)39(38)51-10/h13-15,18,20,24-30,34-41,45-46,50H,11-12,16-17,19,21-23H2,1-10H3/b14-13+,18-15?/t24-,25-,26-,27+,28+,29+,30-,34+,35-,36-,37-,38+,39+,40+,41+,42+/m1/s1. The van der Waals surface area contributed by atoms with Gasteiger partial charge in [0.1, 0.15) is 30.7 Å². The molecule has 16 heteroatoms. The van der Waals surface area contributed by atoms with Crippen LogP contribution >= 0.6 is 0 Å². The fraction of sp³-hybridized carbons (Fsp3) is 0.810. The molecule has 2 saturated heterocycles. The zero-order valence-corrected chi connectivity index (χ0v) is 35.9. The molecule has 0 aromatic rings. The molecule has 16 atom stereocenters. The third-order valence-corrected chi connectivity index (χ3v) is 11.1. The molecule has 0 amide bonds. The number of likely N-dealkylation sites (N-methyl/N-ethyl adjacent to an activating group) is 1. The van der Waals surface area contributed by atoms with Gasteiger partial charge in [-0.1, -0.05) is 45.1 Å². The van der Waals surface area contributed by atoms with Crippen molar-refractivity contribution < 1.29 is 72.4 Å². The minimum absolute atomic E-state index is 0.00608. The van der Waals surface area contributed by atoms with E-state index >= 15 is 0 Å². The van der Waals surface area contributed by atoms with Gasteiger partial charge in [0.25, 0.3) is 0 Å². The SMILES string of the molecule is CCCC(=O)O[C@H]1[C@H](C)O[C@@H](O[C@H]2[C@H](N(C)C)[C@@H](O)[C@H](O[C@H]3[C@@H](CC=O)C[C@@H](C)[C@@H](O)C=C/C=C/C[C@@H](C)OC(=O)C[C@@H](O)[C@@H]3OC)O[C@@H]2C)C[C@]1(C)OC(=O)CC. The lowest BCUT2D eigenvalue weighted by molar-refractivity contribution is -0.344. The van der Waals surface area contributed by atoms with Gasteiger partial charge in [-0.15, -0.1) is 0 Å². The van der Waals surface area contributed by atoms with Crippen LogP contribution in [0.1, 0.15) is 99.8 Å². The molecular weight excluding hydrogens is 758 g/mol. The van der Waals surface area contributed by atoms with E-state index in [9.17, 15) is 34.5 Å². The number of methoxy groups -OCH3 is 1. The Hall–Kier alpha value is -2.80. The van der Waals surface area contributed by atoms with Gasteiger partial charge in [-0.3, -0.25) is 14.4 Å². The molecule has 332 valence electrons. The van der Waals surface area contributed by atoms with Crippen molar-refractivity contribution in [1.29, 1.82) is 0 Å². The number of ether oxygens (including phenoxy) is 8. The molecular formula is C42H69NO15. The maximum atomic E-state index is 12.9. The van der Waals surface area contributed by atoms with Crippen molar-refractivity contribution in [1.82, 2.24) is 4.90 Å². The fourth-order valence-electron chi connectivity index (χ4n) is 8.07. The third kappa shape index (κ3) is 13.6. The van der Waals surface area contributed by atoms with Gasteiger partial charge in [0.2, 0.25) is 0 Å². The second-order valence-corrected chi connectivity index (χ2v) is 16.3. The van der Waals surface area contributed by atoms with Gasteiger partial charge >= 0.3 is 17.9 Å². The van der Waals surface area contributed by atoms with E-state index in [1.54, 1.807) is 71.8 Å². The number of allylic oxidation sites excluding steroid dienone is 2. The van der Waals surface area contributed by atoms with E-state index in [2.05, 4.69) is 0 Å². The Balaban J connectivity index is 1.95. The van der Waals surface area contributed by atoms with Crippen LogP contribution in [0, 0.1) is 11.8 Å². The van der Waals surface area contributed by atoms with Gasteiger partial charge in [-0.05, 0) is 66.5 Å². The molecule has 3 aliphatic heterocycles. The minimum atomic E-state index is -1.45. The average molecular weight is 828 g/mol. The molecule has 16 nitrogen and oxygen atoms in total. The highest BCUT2D eigenvalue weighted by Gasteiger charge is 2.54. The summed E-state index contributed by atoms with van der Waals surface area (Å²) in [7, 11) is 4.85. The number of aliphatic hydroxyl groups excluding tert-OH is 3. The number of esters is 3. The smallest absolute Gasteiger partial charge is 0.308 e. The van der Waals surface area contributed by atoms with Crippen LogP contribution in [0.25, 0.3) is 0 Å². The minimum Gasteiger partial charge on any atom is -0.462 e. The molecule has 0 radical (unpaired) electrons. The largest absolute Gasteiger partial charge is 0.462 e. The van der Waals surface area contributed by atoms with Gasteiger partial charge in [-0.25, -0.2) is 0 Å². The second kappa shape index (κ2) is 23.3. The quantitative estimate of drug-likeness (QED) is 0.139. The number of hydrogen-bond donors (Lipinski definition) is 3. The first-order valence-corrected chi connectivity index (χ1v) is 20.6. The summed E-state index contributed by atoms with van der Waals surface area (Å²) in [6.07, 6.45) is -3.49. The van der Waals surface area contributed by atoms with E-state index in [4.69, 9.17) is 37.9 Å². The van der Waals surface area contributed by atoms with Crippen LogP contribution in [0.4, 0.5) is 0 Å². The van der Waals surface area contributed by atoms with Crippen molar-refractivity contribution in [3.63, 3.8) is 0 Å². The maximum Gasteiger partial charge on any atom is 0.308 e. The van der Waals surface area contributed by atoms with Crippen LogP contribution in [0.2, 0.25) is 0 Å². The van der Waals surface area contributed by atoms with Crippen molar-refractivity contribution in [2.75, 3.05) is 21.2 Å². The first-order valence-electron chi connectivity index (χ1n) is 20.6. The van der Waals surface area contributed by atoms with E-state index in [1.807, 2.05) is 19.9 Å². The molecule has 3 rings (SSSR count). The van der Waals surface area contributed by atoms with Crippen molar-refractivity contribution in [2.45, 2.75) is 185 Å². The summed E-state index contributed by atoms with van der Waals surface area (Å²) < 4.78 is 48.8. The summed E-state index contributed by atoms with van der Waals surface area (Å²) >= 11 is 0. The predicted octanol–water partition coefficient (Wildman–Crippen LogP) is 3.16. The third-order valence-electron chi connectivity index (χ3n) is 11.1. The molecule has 3 N–H and O–H groups in total. The Morgan fingerprint density at radius 3 is 2.31 bits per heavy atom. The van der Waals surface area contributed by atoms with Crippen LogP contribution < -0.4 is 0 Å². The van der Waals surface area contributed by atoms with E-state index in [0.717, 1.165) is 0 Å². The lowest BCUT2D eigenvalue weighted by Crippen LogP contribution is -2.66. The fourth-order valence-corrected chi connectivity index (χ4v) is 8.07. The number of nitrogens with zero attached hydrogens (tertiary/aromatic N) is 1. The van der Waals surface area contributed by atoms with Gasteiger partial charge in [0.15, 0.2) is 24.3 Å². The highest BCUT2D eigenvalue weighted by atomic mass is 16.7. The number of rotatable bonds is 13. The molecule has 0 spiro atoms. The number of hydrogen-bond acceptors (Lipinski definition) is 16. The molecule has 0 aromatic carbocycles. The number of carbonyl (C=O) groups excluding carboxylic acids is 4.